The number of nitrogens with zero attached hydrogens (tertiary/aromatic N) is 2. The summed E-state index contributed by atoms with van der Waals surface area (Å²) in [7, 11) is -2.89. The fourth-order valence-electron chi connectivity index (χ4n) is 2.48. The van der Waals surface area contributed by atoms with Crippen molar-refractivity contribution in [2.45, 2.75) is 18.6 Å². The Kier molecular flexibility index (Phi) is 4.14. The second kappa shape index (κ2) is 5.92. The minimum atomic E-state index is -2.89. The highest BCUT2D eigenvalue weighted by molar-refractivity contribution is 8.02. The molecule has 0 radical (unpaired) electrons. The Hall–Kier alpha value is -1.54. The molecule has 0 spiro atoms. The van der Waals surface area contributed by atoms with E-state index in [4.69, 9.17) is 0 Å². The van der Waals surface area contributed by atoms with Gasteiger partial charge in [0, 0.05) is 17.6 Å². The van der Waals surface area contributed by atoms with E-state index in [1.54, 1.807) is 0 Å². The quantitative estimate of drug-likeness (QED) is 0.913. The van der Waals surface area contributed by atoms with E-state index in [0.717, 1.165) is 11.3 Å². The Morgan fingerprint density at radius 1 is 1.45 bits per heavy atom. The number of carbonyl (C=O) groups excluding carboxylic acids is 1. The molecule has 1 amide bonds. The van der Waals surface area contributed by atoms with Crippen LogP contribution in [-0.4, -0.2) is 46.2 Å². The molecule has 1 fully saturated rings. The van der Waals surface area contributed by atoms with Crippen molar-refractivity contribution in [3.05, 3.63) is 30.2 Å². The Labute approximate surface area is 133 Å². The summed E-state index contributed by atoms with van der Waals surface area (Å²) in [5.41, 5.74) is 2.46. The van der Waals surface area contributed by atoms with Crippen LogP contribution < -0.4 is 5.32 Å². The lowest BCUT2D eigenvalue weighted by Crippen LogP contribution is -2.17. The van der Waals surface area contributed by atoms with Gasteiger partial charge in [-0.05, 0) is 25.5 Å². The maximum Gasteiger partial charge on any atom is 0.234 e. The van der Waals surface area contributed by atoms with Gasteiger partial charge in [0.15, 0.2) is 9.84 Å². The molecular formula is C14H17N3O3S2. The lowest BCUT2D eigenvalue weighted by molar-refractivity contribution is -0.113. The number of hydrogen-bond acceptors (Lipinski definition) is 5. The van der Waals surface area contributed by atoms with Crippen LogP contribution in [0.2, 0.25) is 0 Å². The molecule has 1 aliphatic heterocycles. The molecule has 0 bridgehead atoms. The number of carbonyl (C=O) groups is 1. The number of nitrogens with one attached hydrogen (secondary N) is 1. The molecule has 0 aliphatic carbocycles. The summed E-state index contributed by atoms with van der Waals surface area (Å²) >= 11 is 1.41. The van der Waals surface area contributed by atoms with Crippen LogP contribution in [0.4, 0.5) is 5.69 Å². The van der Waals surface area contributed by atoms with Gasteiger partial charge >= 0.3 is 0 Å². The zero-order chi connectivity index (χ0) is 15.7. The van der Waals surface area contributed by atoms with Gasteiger partial charge in [0.25, 0.3) is 0 Å². The van der Waals surface area contributed by atoms with Gasteiger partial charge in [-0.3, -0.25) is 4.79 Å². The van der Waals surface area contributed by atoms with E-state index in [9.17, 15) is 13.2 Å². The third-order valence-electron chi connectivity index (χ3n) is 3.50. The zero-order valence-corrected chi connectivity index (χ0v) is 13.8. The maximum atomic E-state index is 12.0. The highest BCUT2D eigenvalue weighted by atomic mass is 32.2. The molecular weight excluding hydrogens is 322 g/mol. The third-order valence-corrected chi connectivity index (χ3v) is 6.78. The fourth-order valence-corrected chi connectivity index (χ4v) is 5.92. The number of hydrogen-bond donors (Lipinski definition) is 1. The fraction of sp³-hybridized carbons (Fsp3) is 0.429. The molecule has 3 rings (SSSR count). The van der Waals surface area contributed by atoms with Crippen molar-refractivity contribution in [1.29, 1.82) is 0 Å². The van der Waals surface area contributed by atoms with E-state index >= 15 is 0 Å². The summed E-state index contributed by atoms with van der Waals surface area (Å²) < 4.78 is 24.6. The number of sulfone groups is 1. The monoisotopic (exact) mass is 339 g/mol. The minimum Gasteiger partial charge on any atom is -0.324 e. The van der Waals surface area contributed by atoms with Gasteiger partial charge in [0.2, 0.25) is 5.91 Å². The maximum absolute atomic E-state index is 12.0. The van der Waals surface area contributed by atoms with Crippen molar-refractivity contribution in [2.75, 3.05) is 22.6 Å². The van der Waals surface area contributed by atoms with E-state index in [1.807, 2.05) is 35.9 Å². The van der Waals surface area contributed by atoms with Crippen LogP contribution in [0.15, 0.2) is 24.5 Å². The van der Waals surface area contributed by atoms with Gasteiger partial charge < -0.3 is 9.72 Å². The summed E-state index contributed by atoms with van der Waals surface area (Å²) in [5, 5.41) is 2.87. The number of thioether (sulfide) groups is 1. The molecule has 0 saturated carbocycles. The number of aromatic nitrogens is 2. The molecule has 0 unspecified atom stereocenters. The minimum absolute atomic E-state index is 0.0366. The largest absolute Gasteiger partial charge is 0.324 e. The van der Waals surface area contributed by atoms with Crippen molar-refractivity contribution in [3.8, 4) is 0 Å². The molecule has 3 heterocycles. The molecule has 118 valence electrons. The van der Waals surface area contributed by atoms with Crippen LogP contribution in [0.3, 0.4) is 0 Å². The number of rotatable bonds is 4. The van der Waals surface area contributed by atoms with Crippen LogP contribution >= 0.6 is 11.8 Å². The van der Waals surface area contributed by atoms with E-state index < -0.39 is 9.84 Å². The first-order chi connectivity index (χ1) is 10.4. The standard InChI is InChI=1S/C14H17N3O3S2/c1-10-6-17-7-11(2-3-13(17)15-10)16-14(18)8-21-12-4-5-22(19,20)9-12/h2-3,6-7,12H,4-5,8-9H2,1H3,(H,16,18)/t12-/m1/s1. The topological polar surface area (TPSA) is 80.5 Å². The summed E-state index contributed by atoms with van der Waals surface area (Å²) in [6.45, 7) is 1.91. The van der Waals surface area contributed by atoms with E-state index in [2.05, 4.69) is 10.3 Å². The summed E-state index contributed by atoms with van der Waals surface area (Å²) in [6.07, 6.45) is 4.35. The van der Waals surface area contributed by atoms with Gasteiger partial charge in [-0.1, -0.05) is 0 Å². The van der Waals surface area contributed by atoms with Crippen molar-refractivity contribution >= 4 is 38.8 Å². The van der Waals surface area contributed by atoms with Crippen LogP contribution in [0.25, 0.3) is 5.65 Å². The Bertz CT molecular complexity index is 814. The molecule has 8 heteroatoms. The number of amides is 1. The van der Waals surface area contributed by atoms with Gasteiger partial charge in [-0.2, -0.15) is 0 Å². The molecule has 1 aliphatic rings. The van der Waals surface area contributed by atoms with Crippen LogP contribution in [-0.2, 0) is 14.6 Å². The van der Waals surface area contributed by atoms with Crippen molar-refractivity contribution in [3.63, 3.8) is 0 Å². The van der Waals surface area contributed by atoms with Crippen LogP contribution in [0.5, 0.6) is 0 Å². The smallest absolute Gasteiger partial charge is 0.234 e. The molecule has 1 atom stereocenters. The highest BCUT2D eigenvalue weighted by Crippen LogP contribution is 2.24. The molecule has 2 aromatic rings. The number of imidazole rings is 1. The number of fused-ring (bicyclic) bond motifs is 1. The first-order valence-corrected chi connectivity index (χ1v) is 9.85. The van der Waals surface area contributed by atoms with Gasteiger partial charge in [-0.15, -0.1) is 11.8 Å². The number of anilines is 1. The van der Waals surface area contributed by atoms with Gasteiger partial charge in [-0.25, -0.2) is 13.4 Å². The van der Waals surface area contributed by atoms with E-state index in [-0.39, 0.29) is 28.4 Å². The summed E-state index contributed by atoms with van der Waals surface area (Å²) in [4.78, 5) is 16.3. The van der Waals surface area contributed by atoms with Crippen molar-refractivity contribution in [2.24, 2.45) is 0 Å². The molecule has 1 N–H and O–H groups in total. The van der Waals surface area contributed by atoms with Crippen molar-refractivity contribution in [1.82, 2.24) is 9.38 Å². The molecule has 0 aromatic carbocycles. The normalized spacial score (nSPS) is 20.3. The van der Waals surface area contributed by atoms with Crippen molar-refractivity contribution < 1.29 is 13.2 Å². The van der Waals surface area contributed by atoms with E-state index in [0.29, 0.717) is 12.1 Å². The Morgan fingerprint density at radius 2 is 2.27 bits per heavy atom. The third kappa shape index (κ3) is 3.61. The van der Waals surface area contributed by atoms with Crippen LogP contribution in [0, 0.1) is 6.92 Å². The first kappa shape index (κ1) is 15.4. The predicted octanol–water partition coefficient (Wildman–Crippen LogP) is 1.50. The molecule has 1 saturated heterocycles. The lowest BCUT2D eigenvalue weighted by atomic mass is 10.4. The van der Waals surface area contributed by atoms with E-state index in [1.165, 1.54) is 11.8 Å². The number of pyridine rings is 1. The lowest BCUT2D eigenvalue weighted by Gasteiger charge is -2.08. The Morgan fingerprint density at radius 3 is 3.00 bits per heavy atom. The second-order valence-electron chi connectivity index (χ2n) is 5.45. The Balaban J connectivity index is 1.56. The van der Waals surface area contributed by atoms with Gasteiger partial charge in [0.05, 0.1) is 28.6 Å². The highest BCUT2D eigenvalue weighted by Gasteiger charge is 2.28. The summed E-state index contributed by atoms with van der Waals surface area (Å²) in [6, 6.07) is 3.66. The average Bonchev–Trinajstić information content (AvgIpc) is 2.97. The SMILES string of the molecule is Cc1cn2cc(NC(=O)CS[C@@H]3CCS(=O)(=O)C3)ccc2n1. The zero-order valence-electron chi connectivity index (χ0n) is 12.2. The second-order valence-corrected chi connectivity index (χ2v) is 8.97. The predicted molar refractivity (Wildman–Crippen MR) is 88.1 cm³/mol. The van der Waals surface area contributed by atoms with Gasteiger partial charge in [0.1, 0.15) is 5.65 Å². The molecule has 2 aromatic heterocycles. The average molecular weight is 339 g/mol. The first-order valence-electron chi connectivity index (χ1n) is 6.98. The molecule has 22 heavy (non-hydrogen) atoms. The van der Waals surface area contributed by atoms with Crippen LogP contribution in [0.1, 0.15) is 12.1 Å². The number of aryl methyl sites for hydroxylation is 1. The molecule has 6 nitrogen and oxygen atoms in total. The summed E-state index contributed by atoms with van der Waals surface area (Å²) in [5.74, 6) is 0.570.